The predicted molar refractivity (Wildman–Crippen MR) is 95.9 cm³/mol. The van der Waals surface area contributed by atoms with Gasteiger partial charge in [-0.25, -0.2) is 4.68 Å². The van der Waals surface area contributed by atoms with E-state index in [1.54, 1.807) is 34.1 Å². The zero-order valence-corrected chi connectivity index (χ0v) is 14.9. The van der Waals surface area contributed by atoms with Gasteiger partial charge >= 0.3 is 0 Å². The number of carbonyl (C=O) groups is 2. The summed E-state index contributed by atoms with van der Waals surface area (Å²) in [5.41, 5.74) is 0.175. The molecule has 2 amide bonds. The standard InChI is InChI=1S/C18H21N5O4/c24-16(12-23-17(25)13-4-1-2-5-14(13)19-20-23)21-7-9-22(10-8-21)18(26)15-6-3-11-27-15/h1-2,4-5,15H,3,6-12H2. The van der Waals surface area contributed by atoms with Crippen LogP contribution in [0.5, 0.6) is 0 Å². The van der Waals surface area contributed by atoms with Crippen molar-refractivity contribution in [3.63, 3.8) is 0 Å². The Hall–Kier alpha value is -2.81. The molecular formula is C18H21N5O4. The number of piperazine rings is 1. The van der Waals surface area contributed by atoms with Crippen molar-refractivity contribution in [1.29, 1.82) is 0 Å². The monoisotopic (exact) mass is 371 g/mol. The molecule has 9 nitrogen and oxygen atoms in total. The number of benzene rings is 1. The van der Waals surface area contributed by atoms with Crippen molar-refractivity contribution in [2.75, 3.05) is 32.8 Å². The summed E-state index contributed by atoms with van der Waals surface area (Å²) < 4.78 is 6.54. The molecule has 27 heavy (non-hydrogen) atoms. The van der Waals surface area contributed by atoms with Crippen LogP contribution in [0, 0.1) is 0 Å². The van der Waals surface area contributed by atoms with Crippen LogP contribution in [0.2, 0.25) is 0 Å². The molecule has 2 aliphatic heterocycles. The molecule has 0 radical (unpaired) electrons. The van der Waals surface area contributed by atoms with Gasteiger partial charge in [0.25, 0.3) is 11.5 Å². The number of rotatable bonds is 3. The van der Waals surface area contributed by atoms with Crippen molar-refractivity contribution >= 4 is 22.7 Å². The van der Waals surface area contributed by atoms with Gasteiger partial charge in [-0.05, 0) is 25.0 Å². The second-order valence-corrected chi connectivity index (χ2v) is 6.78. The SMILES string of the molecule is O=C(Cn1nnc2ccccc2c1=O)N1CCN(C(=O)C2CCCO2)CC1. The van der Waals surface area contributed by atoms with Gasteiger partial charge in [-0.3, -0.25) is 14.4 Å². The molecule has 1 unspecified atom stereocenters. The summed E-state index contributed by atoms with van der Waals surface area (Å²) in [6, 6.07) is 6.91. The highest BCUT2D eigenvalue weighted by Crippen LogP contribution is 2.16. The Balaban J connectivity index is 1.38. The van der Waals surface area contributed by atoms with Crippen molar-refractivity contribution < 1.29 is 14.3 Å². The van der Waals surface area contributed by atoms with Crippen LogP contribution < -0.4 is 5.56 Å². The van der Waals surface area contributed by atoms with E-state index >= 15 is 0 Å². The van der Waals surface area contributed by atoms with E-state index in [9.17, 15) is 14.4 Å². The summed E-state index contributed by atoms with van der Waals surface area (Å²) in [4.78, 5) is 40.8. The summed E-state index contributed by atoms with van der Waals surface area (Å²) in [5, 5.41) is 8.29. The zero-order valence-electron chi connectivity index (χ0n) is 14.9. The largest absolute Gasteiger partial charge is 0.368 e. The third-order valence-corrected chi connectivity index (χ3v) is 5.06. The quantitative estimate of drug-likeness (QED) is 0.731. The van der Waals surface area contributed by atoms with Crippen LogP contribution >= 0.6 is 0 Å². The molecule has 1 aromatic carbocycles. The fourth-order valence-corrected chi connectivity index (χ4v) is 3.51. The maximum Gasteiger partial charge on any atom is 0.278 e. The van der Waals surface area contributed by atoms with E-state index in [0.29, 0.717) is 43.7 Å². The molecule has 4 rings (SSSR count). The van der Waals surface area contributed by atoms with Crippen molar-refractivity contribution in [3.8, 4) is 0 Å². The Morgan fingerprint density at radius 3 is 2.59 bits per heavy atom. The third-order valence-electron chi connectivity index (χ3n) is 5.06. The molecular weight excluding hydrogens is 350 g/mol. The van der Waals surface area contributed by atoms with Gasteiger partial charge in [0.1, 0.15) is 18.2 Å². The van der Waals surface area contributed by atoms with Crippen LogP contribution in [-0.2, 0) is 20.9 Å². The highest BCUT2D eigenvalue weighted by Gasteiger charge is 2.31. The maximum atomic E-state index is 12.6. The molecule has 2 aromatic rings. The van der Waals surface area contributed by atoms with E-state index < -0.39 is 0 Å². The fraction of sp³-hybridized carbons (Fsp3) is 0.500. The summed E-state index contributed by atoms with van der Waals surface area (Å²) in [7, 11) is 0. The van der Waals surface area contributed by atoms with E-state index in [1.807, 2.05) is 0 Å². The van der Waals surface area contributed by atoms with E-state index in [-0.39, 0.29) is 30.0 Å². The lowest BCUT2D eigenvalue weighted by molar-refractivity contribution is -0.146. The summed E-state index contributed by atoms with van der Waals surface area (Å²) in [6.45, 7) is 2.30. The van der Waals surface area contributed by atoms with E-state index in [1.165, 1.54) is 0 Å². The number of ether oxygens (including phenoxy) is 1. The first kappa shape index (κ1) is 17.6. The van der Waals surface area contributed by atoms with Gasteiger partial charge in [-0.2, -0.15) is 0 Å². The molecule has 0 aliphatic carbocycles. The average molecular weight is 371 g/mol. The first-order valence-electron chi connectivity index (χ1n) is 9.14. The Morgan fingerprint density at radius 2 is 1.85 bits per heavy atom. The van der Waals surface area contributed by atoms with Crippen molar-refractivity contribution in [2.45, 2.75) is 25.5 Å². The minimum Gasteiger partial charge on any atom is -0.368 e. The van der Waals surface area contributed by atoms with E-state index in [4.69, 9.17) is 4.74 Å². The van der Waals surface area contributed by atoms with Gasteiger partial charge in [0, 0.05) is 32.8 Å². The van der Waals surface area contributed by atoms with Gasteiger partial charge in [0.05, 0.1) is 5.39 Å². The van der Waals surface area contributed by atoms with Crippen molar-refractivity contribution in [1.82, 2.24) is 24.8 Å². The third kappa shape index (κ3) is 3.55. The highest BCUT2D eigenvalue weighted by atomic mass is 16.5. The number of carbonyl (C=O) groups excluding carboxylic acids is 2. The van der Waals surface area contributed by atoms with Crippen LogP contribution in [0.4, 0.5) is 0 Å². The predicted octanol–water partition coefficient (Wildman–Crippen LogP) is -0.359. The molecule has 1 atom stereocenters. The van der Waals surface area contributed by atoms with E-state index in [2.05, 4.69) is 10.3 Å². The number of fused-ring (bicyclic) bond motifs is 1. The molecule has 0 N–H and O–H groups in total. The van der Waals surface area contributed by atoms with Crippen molar-refractivity contribution in [2.24, 2.45) is 0 Å². The molecule has 9 heteroatoms. The molecule has 1 aromatic heterocycles. The smallest absolute Gasteiger partial charge is 0.278 e. The average Bonchev–Trinajstić information content (AvgIpc) is 3.25. The number of hydrogen-bond acceptors (Lipinski definition) is 6. The maximum absolute atomic E-state index is 12.6. The number of aromatic nitrogens is 3. The molecule has 0 spiro atoms. The Labute approximate surface area is 155 Å². The summed E-state index contributed by atoms with van der Waals surface area (Å²) in [5.74, 6) is -0.192. The molecule has 2 fully saturated rings. The summed E-state index contributed by atoms with van der Waals surface area (Å²) in [6.07, 6.45) is 1.34. The minimum atomic E-state index is -0.335. The van der Waals surface area contributed by atoms with Gasteiger partial charge in [-0.1, -0.05) is 17.3 Å². The van der Waals surface area contributed by atoms with Crippen LogP contribution in [-0.4, -0.2) is 75.5 Å². The van der Waals surface area contributed by atoms with Gasteiger partial charge in [0.2, 0.25) is 5.91 Å². The molecule has 0 saturated carbocycles. The zero-order chi connectivity index (χ0) is 18.8. The van der Waals surface area contributed by atoms with Crippen LogP contribution in [0.1, 0.15) is 12.8 Å². The second-order valence-electron chi connectivity index (χ2n) is 6.78. The lowest BCUT2D eigenvalue weighted by Crippen LogP contribution is -2.53. The number of nitrogens with zero attached hydrogens (tertiary/aromatic N) is 5. The topological polar surface area (TPSA) is 97.6 Å². The van der Waals surface area contributed by atoms with Crippen LogP contribution in [0.15, 0.2) is 29.1 Å². The van der Waals surface area contributed by atoms with Crippen LogP contribution in [0.3, 0.4) is 0 Å². The highest BCUT2D eigenvalue weighted by molar-refractivity contribution is 5.82. The van der Waals surface area contributed by atoms with Gasteiger partial charge in [-0.15, -0.1) is 5.10 Å². The Kier molecular flexibility index (Phi) is 4.85. The molecule has 3 heterocycles. The Bertz CT molecular complexity index is 913. The fourth-order valence-electron chi connectivity index (χ4n) is 3.51. The second kappa shape index (κ2) is 7.43. The van der Waals surface area contributed by atoms with Gasteiger partial charge < -0.3 is 14.5 Å². The first-order valence-corrected chi connectivity index (χ1v) is 9.14. The lowest BCUT2D eigenvalue weighted by Gasteiger charge is -2.35. The molecule has 0 bridgehead atoms. The van der Waals surface area contributed by atoms with E-state index in [0.717, 1.165) is 17.5 Å². The number of hydrogen-bond donors (Lipinski definition) is 0. The van der Waals surface area contributed by atoms with Crippen molar-refractivity contribution in [3.05, 3.63) is 34.6 Å². The first-order chi connectivity index (χ1) is 13.1. The molecule has 142 valence electrons. The number of amides is 2. The molecule has 2 saturated heterocycles. The molecule has 2 aliphatic rings. The van der Waals surface area contributed by atoms with Crippen LogP contribution in [0.25, 0.3) is 10.9 Å². The Morgan fingerprint density at radius 1 is 1.11 bits per heavy atom. The lowest BCUT2D eigenvalue weighted by atomic mass is 10.2. The summed E-state index contributed by atoms with van der Waals surface area (Å²) >= 11 is 0. The minimum absolute atomic E-state index is 0.0104. The normalized spacial score (nSPS) is 20.2. The van der Waals surface area contributed by atoms with Gasteiger partial charge in [0.15, 0.2) is 0 Å².